The van der Waals surface area contributed by atoms with E-state index in [1.165, 1.54) is 0 Å². The molecular formula is C27H30N2O5. The topological polar surface area (TPSA) is 95.9 Å². The van der Waals surface area contributed by atoms with Gasteiger partial charge in [0.25, 0.3) is 0 Å². The van der Waals surface area contributed by atoms with Gasteiger partial charge in [0, 0.05) is 18.5 Å². The summed E-state index contributed by atoms with van der Waals surface area (Å²) >= 11 is 0. The molecule has 2 N–H and O–H groups in total. The highest BCUT2D eigenvalue weighted by Crippen LogP contribution is 2.44. The van der Waals surface area contributed by atoms with Crippen LogP contribution in [0.2, 0.25) is 0 Å². The molecule has 1 unspecified atom stereocenters. The second kappa shape index (κ2) is 9.12. The number of alkyl carbamates (subject to hydrolysis) is 1. The third-order valence-corrected chi connectivity index (χ3v) is 7.60. The number of carboxylic acid groups (broad SMARTS) is 1. The number of aliphatic carboxylic acids is 1. The van der Waals surface area contributed by atoms with Crippen molar-refractivity contribution in [1.29, 1.82) is 0 Å². The van der Waals surface area contributed by atoms with E-state index in [9.17, 15) is 19.5 Å². The molecule has 2 fully saturated rings. The van der Waals surface area contributed by atoms with Crippen LogP contribution in [0.3, 0.4) is 0 Å². The second-order valence-corrected chi connectivity index (χ2v) is 9.63. The Morgan fingerprint density at radius 2 is 1.59 bits per heavy atom. The molecular weight excluding hydrogens is 432 g/mol. The van der Waals surface area contributed by atoms with Gasteiger partial charge in [-0.25, -0.2) is 4.79 Å². The Labute approximate surface area is 199 Å². The van der Waals surface area contributed by atoms with Gasteiger partial charge in [-0.3, -0.25) is 9.59 Å². The van der Waals surface area contributed by atoms with E-state index in [1.807, 2.05) is 24.3 Å². The molecule has 1 heterocycles. The highest BCUT2D eigenvalue weighted by atomic mass is 16.5. The third-order valence-electron chi connectivity index (χ3n) is 7.60. The van der Waals surface area contributed by atoms with Crippen LogP contribution >= 0.6 is 0 Å². The summed E-state index contributed by atoms with van der Waals surface area (Å²) in [6, 6.07) is 16.0. The lowest BCUT2D eigenvalue weighted by Crippen LogP contribution is -2.59. The molecule has 0 bridgehead atoms. The second-order valence-electron chi connectivity index (χ2n) is 9.63. The Morgan fingerprint density at radius 3 is 2.21 bits per heavy atom. The van der Waals surface area contributed by atoms with Crippen molar-refractivity contribution < 1.29 is 24.2 Å². The monoisotopic (exact) mass is 462 g/mol. The lowest BCUT2D eigenvalue weighted by molar-refractivity contribution is -0.142. The summed E-state index contributed by atoms with van der Waals surface area (Å²) in [4.78, 5) is 39.4. The van der Waals surface area contributed by atoms with Gasteiger partial charge in [-0.15, -0.1) is 0 Å². The van der Waals surface area contributed by atoms with E-state index in [0.29, 0.717) is 25.8 Å². The third kappa shape index (κ3) is 4.04. The van der Waals surface area contributed by atoms with E-state index < -0.39 is 17.6 Å². The van der Waals surface area contributed by atoms with Crippen LogP contribution < -0.4 is 5.32 Å². The zero-order valence-electron chi connectivity index (χ0n) is 19.2. The zero-order chi connectivity index (χ0) is 23.7. The summed E-state index contributed by atoms with van der Waals surface area (Å²) in [6.45, 7) is 0.723. The molecule has 1 saturated carbocycles. The molecule has 5 rings (SSSR count). The number of likely N-dealkylation sites (tertiary alicyclic amines) is 1. The molecule has 2 aliphatic carbocycles. The summed E-state index contributed by atoms with van der Waals surface area (Å²) in [7, 11) is 0. The fourth-order valence-corrected chi connectivity index (χ4v) is 5.99. The minimum absolute atomic E-state index is 0.0492. The summed E-state index contributed by atoms with van der Waals surface area (Å²) in [5, 5.41) is 12.1. The van der Waals surface area contributed by atoms with Gasteiger partial charge in [0.2, 0.25) is 5.91 Å². The molecule has 0 aromatic heterocycles. The molecule has 1 saturated heterocycles. The van der Waals surface area contributed by atoms with Gasteiger partial charge in [-0.2, -0.15) is 0 Å². The van der Waals surface area contributed by atoms with Gasteiger partial charge in [-0.1, -0.05) is 61.4 Å². The SMILES string of the molecule is O=C(O)CC1CCCN1C(=O)C1(NC(=O)OCC2c3ccccc3-c3ccccc32)CCCC1. The summed E-state index contributed by atoms with van der Waals surface area (Å²) in [5.74, 6) is -1.12. The first-order valence-electron chi connectivity index (χ1n) is 12.1. The number of hydrogen-bond acceptors (Lipinski definition) is 4. The molecule has 7 nitrogen and oxygen atoms in total. The number of carboxylic acids is 1. The van der Waals surface area contributed by atoms with Gasteiger partial charge in [0.1, 0.15) is 12.1 Å². The molecule has 1 atom stereocenters. The lowest BCUT2D eigenvalue weighted by Gasteiger charge is -2.35. The van der Waals surface area contributed by atoms with Gasteiger partial charge < -0.3 is 20.1 Å². The number of ether oxygens (including phenoxy) is 1. The smallest absolute Gasteiger partial charge is 0.408 e. The van der Waals surface area contributed by atoms with Gasteiger partial charge in [0.15, 0.2) is 0 Å². The minimum Gasteiger partial charge on any atom is -0.481 e. The quantitative estimate of drug-likeness (QED) is 0.667. The van der Waals surface area contributed by atoms with Crippen molar-refractivity contribution in [2.24, 2.45) is 0 Å². The van der Waals surface area contributed by atoms with Crippen LogP contribution in [0.1, 0.15) is 62.0 Å². The molecule has 34 heavy (non-hydrogen) atoms. The van der Waals surface area contributed by atoms with E-state index in [0.717, 1.165) is 41.5 Å². The summed E-state index contributed by atoms with van der Waals surface area (Å²) in [6.07, 6.45) is 3.58. The van der Waals surface area contributed by atoms with Gasteiger partial charge in [0.05, 0.1) is 6.42 Å². The van der Waals surface area contributed by atoms with Crippen LogP contribution in [0, 0.1) is 0 Å². The van der Waals surface area contributed by atoms with E-state index >= 15 is 0 Å². The number of carbonyl (C=O) groups is 3. The first-order valence-corrected chi connectivity index (χ1v) is 12.1. The van der Waals surface area contributed by atoms with Crippen molar-refractivity contribution in [2.45, 2.75) is 62.4 Å². The number of carbonyl (C=O) groups excluding carboxylic acids is 2. The Hall–Kier alpha value is -3.35. The lowest BCUT2D eigenvalue weighted by atomic mass is 9.95. The van der Waals surface area contributed by atoms with E-state index in [1.54, 1.807) is 4.90 Å². The summed E-state index contributed by atoms with van der Waals surface area (Å²) < 4.78 is 5.72. The Morgan fingerprint density at radius 1 is 0.971 bits per heavy atom. The predicted molar refractivity (Wildman–Crippen MR) is 126 cm³/mol. The van der Waals surface area contributed by atoms with Crippen LogP contribution in [-0.2, 0) is 14.3 Å². The zero-order valence-corrected chi connectivity index (χ0v) is 19.2. The van der Waals surface area contributed by atoms with Crippen molar-refractivity contribution >= 4 is 18.0 Å². The molecule has 2 aromatic carbocycles. The van der Waals surface area contributed by atoms with E-state index in [-0.39, 0.29) is 30.9 Å². The van der Waals surface area contributed by atoms with Gasteiger partial charge in [-0.05, 0) is 47.9 Å². The highest BCUT2D eigenvalue weighted by Gasteiger charge is 2.48. The number of nitrogens with zero attached hydrogens (tertiary/aromatic N) is 1. The molecule has 2 aromatic rings. The molecule has 7 heteroatoms. The van der Waals surface area contributed by atoms with Crippen LogP contribution in [0.25, 0.3) is 11.1 Å². The largest absolute Gasteiger partial charge is 0.481 e. The van der Waals surface area contributed by atoms with Crippen molar-refractivity contribution in [3.05, 3.63) is 59.7 Å². The Balaban J connectivity index is 1.29. The minimum atomic E-state index is -1.01. The molecule has 3 aliphatic rings. The van der Waals surface area contributed by atoms with E-state index in [2.05, 4.69) is 29.6 Å². The molecule has 1 aliphatic heterocycles. The van der Waals surface area contributed by atoms with Crippen molar-refractivity contribution in [3.63, 3.8) is 0 Å². The summed E-state index contributed by atoms with van der Waals surface area (Å²) in [5.41, 5.74) is 3.58. The average molecular weight is 463 g/mol. The number of hydrogen-bond donors (Lipinski definition) is 2. The maximum Gasteiger partial charge on any atom is 0.408 e. The van der Waals surface area contributed by atoms with Crippen molar-refractivity contribution in [2.75, 3.05) is 13.2 Å². The molecule has 0 radical (unpaired) electrons. The molecule has 178 valence electrons. The fraction of sp³-hybridized carbons (Fsp3) is 0.444. The van der Waals surface area contributed by atoms with Crippen molar-refractivity contribution in [1.82, 2.24) is 10.2 Å². The first-order chi connectivity index (χ1) is 16.5. The molecule has 2 amide bonds. The number of nitrogens with one attached hydrogen (secondary N) is 1. The normalized spacial score (nSPS) is 20.6. The van der Waals surface area contributed by atoms with E-state index in [4.69, 9.17) is 4.74 Å². The number of fused-ring (bicyclic) bond motifs is 3. The Kier molecular flexibility index (Phi) is 6.02. The maximum absolute atomic E-state index is 13.5. The Bertz CT molecular complexity index is 1060. The van der Waals surface area contributed by atoms with Crippen LogP contribution in [-0.4, -0.2) is 52.7 Å². The number of benzene rings is 2. The fourth-order valence-electron chi connectivity index (χ4n) is 5.99. The standard InChI is InChI=1S/C27H30N2O5/c30-24(31)16-18-8-7-15-29(18)25(32)27(13-5-6-14-27)28-26(33)34-17-23-21-11-3-1-9-19(21)20-10-2-4-12-22(20)23/h1-4,9-12,18,23H,5-8,13-17H2,(H,28,33)(H,30,31). The average Bonchev–Trinajstić information content (AvgIpc) is 3.55. The number of amides is 2. The first kappa shape index (κ1) is 22.4. The van der Waals surface area contributed by atoms with Gasteiger partial charge >= 0.3 is 12.1 Å². The maximum atomic E-state index is 13.5. The predicted octanol–water partition coefficient (Wildman–Crippen LogP) is 4.30. The number of rotatable bonds is 6. The van der Waals surface area contributed by atoms with Crippen molar-refractivity contribution in [3.8, 4) is 11.1 Å². The molecule has 0 spiro atoms. The highest BCUT2D eigenvalue weighted by molar-refractivity contribution is 5.91. The van der Waals surface area contributed by atoms with Crippen LogP contribution in [0.15, 0.2) is 48.5 Å². The van der Waals surface area contributed by atoms with Crippen LogP contribution in [0.4, 0.5) is 4.79 Å². The van der Waals surface area contributed by atoms with Crippen LogP contribution in [0.5, 0.6) is 0 Å².